The van der Waals surface area contributed by atoms with Crippen LogP contribution in [0.25, 0.3) is 0 Å². The highest BCUT2D eigenvalue weighted by molar-refractivity contribution is 7.07. The molecule has 2 aromatic heterocycles. The predicted octanol–water partition coefficient (Wildman–Crippen LogP) is 1.85. The van der Waals surface area contributed by atoms with Gasteiger partial charge in [0.2, 0.25) is 5.91 Å². The van der Waals surface area contributed by atoms with Gasteiger partial charge in [0.15, 0.2) is 0 Å². The van der Waals surface area contributed by atoms with E-state index in [-0.39, 0.29) is 11.9 Å². The van der Waals surface area contributed by atoms with E-state index in [1.807, 2.05) is 4.68 Å². The molecule has 2 aliphatic rings. The first-order chi connectivity index (χ1) is 11.7. The fraction of sp³-hybridized carbons (Fsp3) is 0.588. The number of thiophene rings is 1. The van der Waals surface area contributed by atoms with E-state index in [2.05, 4.69) is 36.7 Å². The van der Waals surface area contributed by atoms with E-state index in [0.29, 0.717) is 12.0 Å². The molecule has 2 aromatic rings. The van der Waals surface area contributed by atoms with Crippen molar-refractivity contribution < 1.29 is 4.79 Å². The highest BCUT2D eigenvalue weighted by Crippen LogP contribution is 2.36. The molecule has 4 rings (SSSR count). The van der Waals surface area contributed by atoms with E-state index in [1.54, 1.807) is 30.9 Å². The lowest BCUT2D eigenvalue weighted by molar-refractivity contribution is -0.133. The second-order valence-corrected chi connectivity index (χ2v) is 7.70. The second kappa shape index (κ2) is 6.64. The Morgan fingerprint density at radius 2 is 2.38 bits per heavy atom. The largest absolute Gasteiger partial charge is 0.335 e. The summed E-state index contributed by atoms with van der Waals surface area (Å²) in [5, 5.41) is 8.59. The third-order valence-corrected chi connectivity index (χ3v) is 6.05. The van der Waals surface area contributed by atoms with E-state index in [1.165, 1.54) is 5.56 Å². The molecular formula is C17H23N5OS. The van der Waals surface area contributed by atoms with Gasteiger partial charge in [-0.1, -0.05) is 0 Å². The molecule has 0 spiro atoms. The van der Waals surface area contributed by atoms with Crippen LogP contribution in [-0.2, 0) is 17.9 Å². The van der Waals surface area contributed by atoms with E-state index >= 15 is 0 Å². The van der Waals surface area contributed by atoms with Crippen molar-refractivity contribution in [2.45, 2.75) is 44.9 Å². The van der Waals surface area contributed by atoms with Crippen LogP contribution >= 0.6 is 11.3 Å². The number of hydrogen-bond donors (Lipinski definition) is 0. The summed E-state index contributed by atoms with van der Waals surface area (Å²) >= 11 is 1.76. The van der Waals surface area contributed by atoms with Gasteiger partial charge in [-0.15, -0.1) is 0 Å². The van der Waals surface area contributed by atoms with Gasteiger partial charge in [-0.2, -0.15) is 16.4 Å². The van der Waals surface area contributed by atoms with E-state index in [9.17, 15) is 4.79 Å². The average molecular weight is 345 g/mol. The first kappa shape index (κ1) is 15.8. The van der Waals surface area contributed by atoms with E-state index in [0.717, 1.165) is 39.0 Å². The van der Waals surface area contributed by atoms with Gasteiger partial charge in [0.25, 0.3) is 0 Å². The zero-order chi connectivity index (χ0) is 16.5. The smallest absolute Gasteiger partial charge is 0.220 e. The third kappa shape index (κ3) is 3.10. The third-order valence-electron chi connectivity index (χ3n) is 5.32. The molecule has 0 radical (unpaired) electrons. The molecule has 128 valence electrons. The van der Waals surface area contributed by atoms with Gasteiger partial charge in [0, 0.05) is 32.6 Å². The van der Waals surface area contributed by atoms with Crippen molar-refractivity contribution in [3.8, 4) is 0 Å². The normalized spacial score (nSPS) is 27.4. The quantitative estimate of drug-likeness (QED) is 0.849. The van der Waals surface area contributed by atoms with Crippen molar-refractivity contribution in [3.63, 3.8) is 0 Å². The maximum Gasteiger partial charge on any atom is 0.220 e. The first-order valence-electron chi connectivity index (χ1n) is 8.55. The standard InChI is InChI=1S/C17H23N5OS/c1-13(23)22-16(9-21-12-18-11-19-21)6-15-8-20(4-2-17(15)22)7-14-3-5-24-10-14/h3,5,10-12,15-17H,2,4,6-9H2,1H3/t15?,16-,17?/m0/s1. The number of carbonyl (C=O) groups is 1. The molecule has 0 aliphatic carbocycles. The maximum absolute atomic E-state index is 12.2. The number of nitrogens with zero attached hydrogens (tertiary/aromatic N) is 5. The summed E-state index contributed by atoms with van der Waals surface area (Å²) in [5.74, 6) is 0.758. The van der Waals surface area contributed by atoms with Crippen LogP contribution in [0.5, 0.6) is 0 Å². The van der Waals surface area contributed by atoms with Crippen molar-refractivity contribution in [3.05, 3.63) is 35.0 Å². The van der Waals surface area contributed by atoms with Gasteiger partial charge < -0.3 is 4.90 Å². The summed E-state index contributed by atoms with van der Waals surface area (Å²) in [6.07, 6.45) is 5.43. The number of fused-ring (bicyclic) bond motifs is 1. The maximum atomic E-state index is 12.2. The lowest BCUT2D eigenvalue weighted by atomic mass is 9.92. The molecule has 0 saturated carbocycles. The molecule has 3 atom stereocenters. The minimum atomic E-state index is 0.193. The molecule has 0 aromatic carbocycles. The van der Waals surface area contributed by atoms with Gasteiger partial charge in [0.1, 0.15) is 12.7 Å². The summed E-state index contributed by atoms with van der Waals surface area (Å²) in [6, 6.07) is 2.83. The van der Waals surface area contributed by atoms with Gasteiger partial charge >= 0.3 is 0 Å². The molecule has 6 nitrogen and oxygen atoms in total. The van der Waals surface area contributed by atoms with Crippen molar-refractivity contribution >= 4 is 17.2 Å². The molecule has 1 amide bonds. The Labute approximate surface area is 146 Å². The van der Waals surface area contributed by atoms with Gasteiger partial charge in [-0.25, -0.2) is 4.98 Å². The molecule has 24 heavy (non-hydrogen) atoms. The molecule has 2 fully saturated rings. The molecule has 2 unspecified atom stereocenters. The van der Waals surface area contributed by atoms with Crippen LogP contribution in [-0.4, -0.2) is 55.6 Å². The first-order valence-corrected chi connectivity index (χ1v) is 9.49. The van der Waals surface area contributed by atoms with Crippen LogP contribution in [0.1, 0.15) is 25.3 Å². The van der Waals surface area contributed by atoms with Crippen LogP contribution in [0.4, 0.5) is 0 Å². The van der Waals surface area contributed by atoms with Crippen LogP contribution in [0.2, 0.25) is 0 Å². The predicted molar refractivity (Wildman–Crippen MR) is 92.4 cm³/mol. The minimum absolute atomic E-state index is 0.193. The van der Waals surface area contributed by atoms with Gasteiger partial charge in [0.05, 0.1) is 12.6 Å². The minimum Gasteiger partial charge on any atom is -0.335 e. The highest BCUT2D eigenvalue weighted by atomic mass is 32.1. The topological polar surface area (TPSA) is 54.3 Å². The number of aromatic nitrogens is 3. The summed E-state index contributed by atoms with van der Waals surface area (Å²) in [7, 11) is 0. The Morgan fingerprint density at radius 3 is 3.08 bits per heavy atom. The van der Waals surface area contributed by atoms with Gasteiger partial charge in [-0.3, -0.25) is 14.4 Å². The fourth-order valence-corrected chi connectivity index (χ4v) is 5.07. The molecule has 0 N–H and O–H groups in total. The highest BCUT2D eigenvalue weighted by Gasteiger charge is 2.45. The van der Waals surface area contributed by atoms with Crippen molar-refractivity contribution in [1.29, 1.82) is 0 Å². The van der Waals surface area contributed by atoms with Crippen LogP contribution in [0.3, 0.4) is 0 Å². The van der Waals surface area contributed by atoms with Gasteiger partial charge in [-0.05, 0) is 41.1 Å². The number of piperidine rings is 1. The Morgan fingerprint density at radius 1 is 1.46 bits per heavy atom. The van der Waals surface area contributed by atoms with E-state index in [4.69, 9.17) is 0 Å². The number of hydrogen-bond acceptors (Lipinski definition) is 5. The summed E-state index contributed by atoms with van der Waals surface area (Å²) in [5.41, 5.74) is 1.40. The van der Waals surface area contributed by atoms with E-state index < -0.39 is 0 Å². The lowest BCUT2D eigenvalue weighted by Gasteiger charge is -2.38. The average Bonchev–Trinajstić information content (AvgIpc) is 3.27. The Kier molecular flexibility index (Phi) is 4.37. The zero-order valence-corrected chi connectivity index (χ0v) is 14.7. The van der Waals surface area contributed by atoms with Crippen molar-refractivity contribution in [1.82, 2.24) is 24.6 Å². The summed E-state index contributed by atoms with van der Waals surface area (Å²) in [6.45, 7) is 5.63. The molecule has 0 bridgehead atoms. The molecular weight excluding hydrogens is 322 g/mol. The molecule has 7 heteroatoms. The zero-order valence-electron chi connectivity index (χ0n) is 13.9. The number of rotatable bonds is 4. The number of carbonyl (C=O) groups excluding carboxylic acids is 1. The monoisotopic (exact) mass is 345 g/mol. The Balaban J connectivity index is 1.45. The van der Waals surface area contributed by atoms with Crippen LogP contribution < -0.4 is 0 Å². The van der Waals surface area contributed by atoms with Crippen molar-refractivity contribution in [2.24, 2.45) is 5.92 Å². The molecule has 2 saturated heterocycles. The number of amides is 1. The molecule has 2 aliphatic heterocycles. The fourth-order valence-electron chi connectivity index (χ4n) is 4.41. The summed E-state index contributed by atoms with van der Waals surface area (Å²) in [4.78, 5) is 20.9. The Bertz CT molecular complexity index is 671. The van der Waals surface area contributed by atoms with Crippen LogP contribution in [0, 0.1) is 5.92 Å². The second-order valence-electron chi connectivity index (χ2n) is 6.92. The summed E-state index contributed by atoms with van der Waals surface area (Å²) < 4.78 is 1.85. The lowest BCUT2D eigenvalue weighted by Crippen LogP contribution is -2.48. The SMILES string of the molecule is CC(=O)N1C2CCN(Cc3ccsc3)CC2C[C@H]1Cn1cncn1. The number of likely N-dealkylation sites (tertiary alicyclic amines) is 2. The molecule has 4 heterocycles. The van der Waals surface area contributed by atoms with Crippen molar-refractivity contribution in [2.75, 3.05) is 13.1 Å². The Hall–Kier alpha value is -1.73. The van der Waals surface area contributed by atoms with Crippen LogP contribution in [0.15, 0.2) is 29.5 Å².